The standard InChI is InChI=1S/C17H29N5O3S/c1-3-16(20-7-4-5-8-20)17(23)18-12-14-11-15-13-21(26(2,24)25)9-6-10-22(15)19-14/h11,16H,3-10,12-13H2,1-2H3,(H,18,23)/t16-/m0/s1. The average molecular weight is 384 g/mol. The monoisotopic (exact) mass is 383 g/mol. The maximum Gasteiger partial charge on any atom is 0.237 e. The van der Waals surface area contributed by atoms with E-state index >= 15 is 0 Å². The van der Waals surface area contributed by atoms with Crippen LogP contribution in [-0.2, 0) is 34.5 Å². The van der Waals surface area contributed by atoms with E-state index in [0.29, 0.717) is 26.2 Å². The predicted molar refractivity (Wildman–Crippen MR) is 98.8 cm³/mol. The number of aryl methyl sites for hydroxylation is 1. The van der Waals surface area contributed by atoms with Gasteiger partial charge in [0, 0.05) is 13.1 Å². The molecule has 26 heavy (non-hydrogen) atoms. The fourth-order valence-electron chi connectivity index (χ4n) is 3.82. The van der Waals surface area contributed by atoms with E-state index in [9.17, 15) is 13.2 Å². The van der Waals surface area contributed by atoms with E-state index < -0.39 is 10.0 Å². The van der Waals surface area contributed by atoms with Crippen molar-refractivity contribution in [3.63, 3.8) is 0 Å². The van der Waals surface area contributed by atoms with Crippen LogP contribution in [0.1, 0.15) is 44.0 Å². The molecule has 1 saturated heterocycles. The van der Waals surface area contributed by atoms with Gasteiger partial charge in [-0.1, -0.05) is 6.92 Å². The molecule has 1 amide bonds. The maximum atomic E-state index is 12.5. The molecule has 0 unspecified atom stereocenters. The summed E-state index contributed by atoms with van der Waals surface area (Å²) in [6.45, 7) is 5.95. The number of nitrogens with zero attached hydrogens (tertiary/aromatic N) is 4. The number of hydrogen-bond acceptors (Lipinski definition) is 5. The lowest BCUT2D eigenvalue weighted by atomic mass is 10.2. The van der Waals surface area contributed by atoms with Crippen molar-refractivity contribution in [1.82, 2.24) is 24.3 Å². The molecule has 1 aromatic rings. The van der Waals surface area contributed by atoms with Crippen LogP contribution in [0.15, 0.2) is 6.07 Å². The zero-order valence-corrected chi connectivity index (χ0v) is 16.5. The Labute approximate surface area is 155 Å². The number of likely N-dealkylation sites (tertiary alicyclic amines) is 1. The zero-order chi connectivity index (χ0) is 18.7. The van der Waals surface area contributed by atoms with Gasteiger partial charge in [-0.3, -0.25) is 14.4 Å². The van der Waals surface area contributed by atoms with Gasteiger partial charge in [0.2, 0.25) is 15.9 Å². The van der Waals surface area contributed by atoms with Crippen molar-refractivity contribution in [2.75, 3.05) is 25.9 Å². The lowest BCUT2D eigenvalue weighted by Gasteiger charge is -2.25. The van der Waals surface area contributed by atoms with Crippen LogP contribution >= 0.6 is 0 Å². The van der Waals surface area contributed by atoms with Gasteiger partial charge in [-0.05, 0) is 44.8 Å². The largest absolute Gasteiger partial charge is 0.349 e. The highest BCUT2D eigenvalue weighted by atomic mass is 32.2. The summed E-state index contributed by atoms with van der Waals surface area (Å²) >= 11 is 0. The minimum absolute atomic E-state index is 0.0513. The first-order valence-electron chi connectivity index (χ1n) is 9.41. The third kappa shape index (κ3) is 4.44. The van der Waals surface area contributed by atoms with Crippen molar-refractivity contribution >= 4 is 15.9 Å². The molecule has 0 aliphatic carbocycles. The number of nitrogens with one attached hydrogen (secondary N) is 1. The maximum absolute atomic E-state index is 12.5. The Balaban J connectivity index is 1.62. The first kappa shape index (κ1) is 19.3. The van der Waals surface area contributed by atoms with Gasteiger partial charge in [0.15, 0.2) is 0 Å². The van der Waals surface area contributed by atoms with Crippen LogP contribution in [0.3, 0.4) is 0 Å². The topological polar surface area (TPSA) is 87.5 Å². The van der Waals surface area contributed by atoms with Crippen molar-refractivity contribution in [3.05, 3.63) is 17.5 Å². The van der Waals surface area contributed by atoms with E-state index in [-0.39, 0.29) is 11.9 Å². The fraction of sp³-hybridized carbons (Fsp3) is 0.765. The van der Waals surface area contributed by atoms with Crippen LogP contribution in [0.5, 0.6) is 0 Å². The molecule has 0 saturated carbocycles. The van der Waals surface area contributed by atoms with E-state index in [1.54, 1.807) is 0 Å². The SMILES string of the molecule is CC[C@@H](C(=O)NCc1cc2n(n1)CCCN(S(C)(=O)=O)C2)N1CCCC1. The number of amides is 1. The van der Waals surface area contributed by atoms with E-state index in [1.165, 1.54) is 10.6 Å². The van der Waals surface area contributed by atoms with Gasteiger partial charge >= 0.3 is 0 Å². The Kier molecular flexibility index (Phi) is 5.99. The van der Waals surface area contributed by atoms with Gasteiger partial charge in [-0.25, -0.2) is 8.42 Å². The summed E-state index contributed by atoms with van der Waals surface area (Å²) in [7, 11) is -3.22. The Morgan fingerprint density at radius 1 is 1.23 bits per heavy atom. The minimum Gasteiger partial charge on any atom is -0.349 e. The van der Waals surface area contributed by atoms with E-state index in [2.05, 4.69) is 15.3 Å². The predicted octanol–water partition coefficient (Wildman–Crippen LogP) is 0.539. The van der Waals surface area contributed by atoms with E-state index in [0.717, 1.165) is 50.2 Å². The van der Waals surface area contributed by atoms with E-state index in [1.807, 2.05) is 17.7 Å². The van der Waals surface area contributed by atoms with Crippen LogP contribution in [0.4, 0.5) is 0 Å². The minimum atomic E-state index is -3.22. The molecular weight excluding hydrogens is 354 g/mol. The Bertz CT molecular complexity index is 740. The fourth-order valence-corrected chi connectivity index (χ4v) is 4.65. The van der Waals surface area contributed by atoms with Crippen LogP contribution in [0, 0.1) is 0 Å². The summed E-state index contributed by atoms with van der Waals surface area (Å²) in [6.07, 6.45) is 5.10. The molecule has 1 atom stereocenters. The lowest BCUT2D eigenvalue weighted by molar-refractivity contribution is -0.126. The zero-order valence-electron chi connectivity index (χ0n) is 15.6. The second-order valence-corrected chi connectivity index (χ2v) is 9.17. The van der Waals surface area contributed by atoms with Gasteiger partial charge < -0.3 is 5.32 Å². The first-order chi connectivity index (χ1) is 12.4. The van der Waals surface area contributed by atoms with Crippen molar-refractivity contribution in [2.45, 2.75) is 58.3 Å². The van der Waals surface area contributed by atoms with Crippen LogP contribution < -0.4 is 5.32 Å². The van der Waals surface area contributed by atoms with Gasteiger partial charge in [0.05, 0.1) is 36.8 Å². The summed E-state index contributed by atoms with van der Waals surface area (Å²) in [5.41, 5.74) is 1.66. The molecular formula is C17H29N5O3S. The highest BCUT2D eigenvalue weighted by Crippen LogP contribution is 2.17. The Morgan fingerprint density at radius 3 is 2.62 bits per heavy atom. The molecule has 9 heteroatoms. The molecule has 3 heterocycles. The van der Waals surface area contributed by atoms with E-state index in [4.69, 9.17) is 0 Å². The molecule has 2 aliphatic heterocycles. The summed E-state index contributed by atoms with van der Waals surface area (Å²) in [5.74, 6) is 0.0513. The van der Waals surface area contributed by atoms with Crippen LogP contribution in [0.25, 0.3) is 0 Å². The third-order valence-corrected chi connectivity index (χ3v) is 6.46. The van der Waals surface area contributed by atoms with Crippen molar-refractivity contribution < 1.29 is 13.2 Å². The van der Waals surface area contributed by atoms with Crippen molar-refractivity contribution in [1.29, 1.82) is 0 Å². The Morgan fingerprint density at radius 2 is 1.96 bits per heavy atom. The second-order valence-electron chi connectivity index (χ2n) is 7.19. The van der Waals surface area contributed by atoms with Crippen molar-refractivity contribution in [3.8, 4) is 0 Å². The summed E-state index contributed by atoms with van der Waals surface area (Å²) < 4.78 is 27.0. The molecule has 1 N–H and O–H groups in total. The van der Waals surface area contributed by atoms with Crippen LogP contribution in [0.2, 0.25) is 0 Å². The Hall–Kier alpha value is -1.45. The summed E-state index contributed by atoms with van der Waals surface area (Å²) in [5, 5.41) is 7.55. The molecule has 2 aliphatic rings. The van der Waals surface area contributed by atoms with Gasteiger partial charge in [-0.2, -0.15) is 9.40 Å². The highest BCUT2D eigenvalue weighted by Gasteiger charge is 2.27. The number of aromatic nitrogens is 2. The smallest absolute Gasteiger partial charge is 0.237 e. The number of rotatable bonds is 6. The molecule has 0 radical (unpaired) electrons. The van der Waals surface area contributed by atoms with Crippen LogP contribution in [-0.4, -0.2) is 65.2 Å². The van der Waals surface area contributed by atoms with Gasteiger partial charge in [0.25, 0.3) is 0 Å². The average Bonchev–Trinajstić information content (AvgIpc) is 3.19. The highest BCUT2D eigenvalue weighted by molar-refractivity contribution is 7.88. The number of sulfonamides is 1. The molecule has 8 nitrogen and oxygen atoms in total. The number of carbonyl (C=O) groups is 1. The summed E-state index contributed by atoms with van der Waals surface area (Å²) in [6, 6.07) is 1.83. The lowest BCUT2D eigenvalue weighted by Crippen LogP contribution is -2.45. The molecule has 0 spiro atoms. The molecule has 146 valence electrons. The molecule has 0 aromatic carbocycles. The molecule has 3 rings (SSSR count). The van der Waals surface area contributed by atoms with Gasteiger partial charge in [-0.15, -0.1) is 0 Å². The number of fused-ring (bicyclic) bond motifs is 1. The van der Waals surface area contributed by atoms with Gasteiger partial charge in [0.1, 0.15) is 0 Å². The normalized spacial score (nSPS) is 20.5. The quantitative estimate of drug-likeness (QED) is 0.775. The number of hydrogen-bond donors (Lipinski definition) is 1. The second kappa shape index (κ2) is 8.06. The number of carbonyl (C=O) groups excluding carboxylic acids is 1. The first-order valence-corrected chi connectivity index (χ1v) is 11.3. The third-order valence-electron chi connectivity index (χ3n) is 5.21. The molecule has 1 fully saturated rings. The molecule has 1 aromatic heterocycles. The summed E-state index contributed by atoms with van der Waals surface area (Å²) in [4.78, 5) is 14.8. The molecule has 0 bridgehead atoms. The van der Waals surface area contributed by atoms with Crippen molar-refractivity contribution in [2.24, 2.45) is 0 Å².